The average molecular weight is 282 g/mol. The predicted molar refractivity (Wildman–Crippen MR) is 68.4 cm³/mol. The molecule has 2 aromatic rings. The zero-order valence-corrected chi connectivity index (χ0v) is 10.6. The normalized spacial score (nSPS) is 10.3. The van der Waals surface area contributed by atoms with Crippen molar-refractivity contribution in [1.82, 2.24) is 9.97 Å². The number of nitrogens with one attached hydrogen (secondary N) is 1. The van der Waals surface area contributed by atoms with Crippen LogP contribution < -0.4 is 5.32 Å². The maximum Gasteiger partial charge on any atom is 0.335 e. The molecule has 0 atom stereocenters. The van der Waals surface area contributed by atoms with Crippen LogP contribution in [0.4, 0.5) is 15.9 Å². The van der Waals surface area contributed by atoms with Gasteiger partial charge in [-0.1, -0.05) is 11.6 Å². The van der Waals surface area contributed by atoms with Crippen LogP contribution in [0.15, 0.2) is 24.5 Å². The van der Waals surface area contributed by atoms with E-state index in [1.165, 1.54) is 18.5 Å². The zero-order valence-electron chi connectivity index (χ0n) is 9.82. The van der Waals surface area contributed by atoms with Gasteiger partial charge in [0.1, 0.15) is 23.1 Å². The molecule has 0 unspecified atom stereocenters. The summed E-state index contributed by atoms with van der Waals surface area (Å²) in [5.41, 5.74) is 0.564. The number of anilines is 2. The SMILES string of the molecule is Cc1c(Cl)ncnc1Nc1ccc(C(=O)O)cc1F. The summed E-state index contributed by atoms with van der Waals surface area (Å²) < 4.78 is 13.7. The molecular weight excluding hydrogens is 273 g/mol. The van der Waals surface area contributed by atoms with Crippen molar-refractivity contribution in [2.24, 2.45) is 0 Å². The second kappa shape index (κ2) is 5.19. The van der Waals surface area contributed by atoms with Gasteiger partial charge in [-0.05, 0) is 25.1 Å². The van der Waals surface area contributed by atoms with E-state index < -0.39 is 11.8 Å². The number of rotatable bonds is 3. The summed E-state index contributed by atoms with van der Waals surface area (Å²) in [5, 5.41) is 11.8. The Morgan fingerprint density at radius 1 is 1.42 bits per heavy atom. The van der Waals surface area contributed by atoms with E-state index in [0.717, 1.165) is 6.07 Å². The Morgan fingerprint density at radius 3 is 2.79 bits per heavy atom. The van der Waals surface area contributed by atoms with Gasteiger partial charge in [-0.25, -0.2) is 19.2 Å². The highest BCUT2D eigenvalue weighted by molar-refractivity contribution is 6.30. The number of aromatic nitrogens is 2. The van der Waals surface area contributed by atoms with Crippen LogP contribution in [0, 0.1) is 12.7 Å². The lowest BCUT2D eigenvalue weighted by molar-refractivity contribution is 0.0696. The largest absolute Gasteiger partial charge is 0.478 e. The van der Waals surface area contributed by atoms with Crippen LogP contribution in [0.5, 0.6) is 0 Å². The van der Waals surface area contributed by atoms with Gasteiger partial charge in [0.2, 0.25) is 0 Å². The van der Waals surface area contributed by atoms with Gasteiger partial charge in [-0.15, -0.1) is 0 Å². The van der Waals surface area contributed by atoms with Crippen molar-refractivity contribution >= 4 is 29.1 Å². The molecule has 0 saturated heterocycles. The van der Waals surface area contributed by atoms with Crippen LogP contribution in [0.3, 0.4) is 0 Å². The number of carboxylic acids is 1. The molecule has 0 amide bonds. The van der Waals surface area contributed by atoms with Crippen molar-refractivity contribution in [2.45, 2.75) is 6.92 Å². The second-order valence-electron chi connectivity index (χ2n) is 3.76. The fourth-order valence-electron chi connectivity index (χ4n) is 1.43. The Hall–Kier alpha value is -2.21. The molecule has 0 saturated carbocycles. The van der Waals surface area contributed by atoms with Gasteiger partial charge in [0.25, 0.3) is 0 Å². The molecule has 0 spiro atoms. The third kappa shape index (κ3) is 2.79. The summed E-state index contributed by atoms with van der Waals surface area (Å²) in [5.74, 6) is -1.51. The monoisotopic (exact) mass is 281 g/mol. The smallest absolute Gasteiger partial charge is 0.335 e. The Bertz CT molecular complexity index is 649. The van der Waals surface area contributed by atoms with Gasteiger partial charge in [-0.3, -0.25) is 0 Å². The summed E-state index contributed by atoms with van der Waals surface area (Å²) in [7, 11) is 0. The van der Waals surface area contributed by atoms with E-state index in [9.17, 15) is 9.18 Å². The second-order valence-corrected chi connectivity index (χ2v) is 4.12. The molecule has 1 aromatic heterocycles. The van der Waals surface area contributed by atoms with Gasteiger partial charge in [-0.2, -0.15) is 0 Å². The van der Waals surface area contributed by atoms with Crippen molar-refractivity contribution < 1.29 is 14.3 Å². The Morgan fingerprint density at radius 2 is 2.16 bits per heavy atom. The third-order valence-electron chi connectivity index (χ3n) is 2.49. The Labute approximate surface area is 113 Å². The molecule has 2 N–H and O–H groups in total. The first kappa shape index (κ1) is 13.2. The van der Waals surface area contributed by atoms with Crippen LogP contribution in [-0.2, 0) is 0 Å². The van der Waals surface area contributed by atoms with Crippen LogP contribution in [0.1, 0.15) is 15.9 Å². The van der Waals surface area contributed by atoms with E-state index in [1.54, 1.807) is 6.92 Å². The molecule has 98 valence electrons. The van der Waals surface area contributed by atoms with Gasteiger partial charge in [0.05, 0.1) is 11.3 Å². The number of hydrogen-bond donors (Lipinski definition) is 2. The zero-order chi connectivity index (χ0) is 14.0. The topological polar surface area (TPSA) is 75.1 Å². The maximum atomic E-state index is 13.7. The first-order valence-corrected chi connectivity index (χ1v) is 5.64. The fourth-order valence-corrected chi connectivity index (χ4v) is 1.56. The standard InChI is InChI=1S/C12H9ClFN3O2/c1-6-10(13)15-5-16-11(6)17-9-3-2-7(12(18)19)4-8(9)14/h2-5H,1H3,(H,18,19)(H,15,16,17). The summed E-state index contributed by atoms with van der Waals surface area (Å²) in [4.78, 5) is 18.4. The Kier molecular flexibility index (Phi) is 3.62. The summed E-state index contributed by atoms with van der Waals surface area (Å²) in [6.07, 6.45) is 1.25. The van der Waals surface area contributed by atoms with Crippen molar-refractivity contribution in [1.29, 1.82) is 0 Å². The molecule has 1 heterocycles. The van der Waals surface area contributed by atoms with E-state index >= 15 is 0 Å². The van der Waals surface area contributed by atoms with Crippen molar-refractivity contribution in [3.05, 3.63) is 46.6 Å². The lowest BCUT2D eigenvalue weighted by Crippen LogP contribution is -2.02. The van der Waals surface area contributed by atoms with Crippen molar-refractivity contribution in [3.8, 4) is 0 Å². The first-order chi connectivity index (χ1) is 8.99. The summed E-state index contributed by atoms with van der Waals surface area (Å²) >= 11 is 5.82. The quantitative estimate of drug-likeness (QED) is 0.846. The number of carbonyl (C=O) groups is 1. The molecule has 0 radical (unpaired) electrons. The number of aromatic carboxylic acids is 1. The molecule has 7 heteroatoms. The minimum absolute atomic E-state index is 0.114. The molecule has 2 rings (SSSR count). The molecule has 0 aliphatic carbocycles. The fraction of sp³-hybridized carbons (Fsp3) is 0.0833. The highest BCUT2D eigenvalue weighted by Crippen LogP contribution is 2.24. The van der Waals surface area contributed by atoms with Crippen molar-refractivity contribution in [3.63, 3.8) is 0 Å². The van der Waals surface area contributed by atoms with E-state index in [-0.39, 0.29) is 16.4 Å². The minimum Gasteiger partial charge on any atom is -0.478 e. The number of halogens is 2. The number of nitrogens with zero attached hydrogens (tertiary/aromatic N) is 2. The van der Waals surface area contributed by atoms with Gasteiger partial charge in [0.15, 0.2) is 0 Å². The van der Waals surface area contributed by atoms with Gasteiger partial charge in [0, 0.05) is 5.56 Å². The van der Waals surface area contributed by atoms with Crippen molar-refractivity contribution in [2.75, 3.05) is 5.32 Å². The molecule has 0 aliphatic rings. The van der Waals surface area contributed by atoms with Gasteiger partial charge < -0.3 is 10.4 Å². The molecule has 5 nitrogen and oxygen atoms in total. The molecule has 0 aliphatic heterocycles. The molecule has 0 fully saturated rings. The van der Waals surface area contributed by atoms with Gasteiger partial charge >= 0.3 is 5.97 Å². The number of hydrogen-bond acceptors (Lipinski definition) is 4. The predicted octanol–water partition coefficient (Wildman–Crippen LogP) is 3.02. The Balaban J connectivity index is 2.34. The molecule has 1 aromatic carbocycles. The lowest BCUT2D eigenvalue weighted by Gasteiger charge is -2.10. The maximum absolute atomic E-state index is 13.7. The summed E-state index contributed by atoms with van der Waals surface area (Å²) in [6, 6.07) is 3.56. The molecule has 0 bridgehead atoms. The van der Waals surface area contributed by atoms with Crippen LogP contribution in [0.25, 0.3) is 0 Å². The van der Waals surface area contributed by atoms with Crippen LogP contribution in [0.2, 0.25) is 5.15 Å². The van der Waals surface area contributed by atoms with E-state index in [0.29, 0.717) is 11.4 Å². The highest BCUT2D eigenvalue weighted by Gasteiger charge is 2.11. The lowest BCUT2D eigenvalue weighted by atomic mass is 10.2. The van der Waals surface area contributed by atoms with E-state index in [1.807, 2.05) is 0 Å². The summed E-state index contributed by atoms with van der Waals surface area (Å²) in [6.45, 7) is 1.69. The highest BCUT2D eigenvalue weighted by atomic mass is 35.5. The number of carboxylic acid groups (broad SMARTS) is 1. The molecule has 19 heavy (non-hydrogen) atoms. The number of benzene rings is 1. The average Bonchev–Trinajstić information content (AvgIpc) is 2.37. The van der Waals surface area contributed by atoms with Crippen LogP contribution >= 0.6 is 11.6 Å². The van der Waals surface area contributed by atoms with E-state index in [2.05, 4.69) is 15.3 Å². The third-order valence-corrected chi connectivity index (χ3v) is 2.87. The minimum atomic E-state index is -1.19. The first-order valence-electron chi connectivity index (χ1n) is 5.26. The molecular formula is C12H9ClFN3O2. The van der Waals surface area contributed by atoms with Crippen LogP contribution in [-0.4, -0.2) is 21.0 Å². The van der Waals surface area contributed by atoms with E-state index in [4.69, 9.17) is 16.7 Å².